The van der Waals surface area contributed by atoms with Gasteiger partial charge in [0.15, 0.2) is 0 Å². The average molecular weight is 464 g/mol. The summed E-state index contributed by atoms with van der Waals surface area (Å²) in [6, 6.07) is 25.3. The number of hydrazone groups is 1. The third kappa shape index (κ3) is 6.39. The summed E-state index contributed by atoms with van der Waals surface area (Å²) in [6.07, 6.45) is 0.308. The molecular weight excluding hydrogens is 442 g/mol. The van der Waals surface area contributed by atoms with Gasteiger partial charge in [0.05, 0.1) is 18.5 Å². The number of hydrogen-bond acceptors (Lipinski definition) is 3. The minimum absolute atomic E-state index is 0.0907. The van der Waals surface area contributed by atoms with Gasteiger partial charge >= 0.3 is 0 Å². The quantitative estimate of drug-likeness (QED) is 0.374. The zero-order valence-corrected chi connectivity index (χ0v) is 18.1. The van der Waals surface area contributed by atoms with Crippen LogP contribution in [0.2, 0.25) is 0 Å². The van der Waals surface area contributed by atoms with Gasteiger partial charge < -0.3 is 5.32 Å². The fourth-order valence-electron chi connectivity index (χ4n) is 2.86. The maximum atomic E-state index is 12.2. The number of para-hydroxylation sites is 1. The number of rotatable bonds is 7. The molecule has 0 spiro atoms. The van der Waals surface area contributed by atoms with E-state index in [9.17, 15) is 9.59 Å². The number of hydrogen-bond donors (Lipinski definition) is 2. The molecule has 0 fully saturated rings. The molecule has 0 heterocycles. The first-order valence-electron chi connectivity index (χ1n) is 9.52. The summed E-state index contributed by atoms with van der Waals surface area (Å²) in [6.45, 7) is 1.70. The Morgan fingerprint density at radius 3 is 2.17 bits per heavy atom. The van der Waals surface area contributed by atoms with Crippen molar-refractivity contribution in [2.45, 2.75) is 19.8 Å². The first kappa shape index (κ1) is 21.5. The van der Waals surface area contributed by atoms with Crippen LogP contribution in [0.25, 0.3) is 11.1 Å². The van der Waals surface area contributed by atoms with Crippen LogP contribution in [0.1, 0.15) is 18.9 Å². The summed E-state index contributed by atoms with van der Waals surface area (Å²) >= 11 is 3.39. The van der Waals surface area contributed by atoms with E-state index in [1.165, 1.54) is 0 Å². The standard InChI is InChI=1S/C24H22BrN3O2/c1-17(15-23(29)26-22-10-6-5-9-21(22)25)27-28-24(30)16-18-11-13-20(14-12-18)19-7-3-2-4-8-19/h2-14H,15-16H2,1H3,(H,26,29)(H,28,30). The topological polar surface area (TPSA) is 70.6 Å². The van der Waals surface area contributed by atoms with Crippen LogP contribution in [0, 0.1) is 0 Å². The second kappa shape index (κ2) is 10.5. The Morgan fingerprint density at radius 2 is 1.47 bits per heavy atom. The van der Waals surface area contributed by atoms with Gasteiger partial charge in [0.25, 0.3) is 0 Å². The van der Waals surface area contributed by atoms with Gasteiger partial charge in [0.1, 0.15) is 0 Å². The van der Waals surface area contributed by atoms with E-state index in [4.69, 9.17) is 0 Å². The van der Waals surface area contributed by atoms with Gasteiger partial charge in [-0.2, -0.15) is 5.10 Å². The van der Waals surface area contributed by atoms with Crippen molar-refractivity contribution in [3.63, 3.8) is 0 Å². The molecule has 0 aliphatic heterocycles. The summed E-state index contributed by atoms with van der Waals surface area (Å²) in [5.41, 5.74) is 6.86. The lowest BCUT2D eigenvalue weighted by atomic mass is 10.0. The van der Waals surface area contributed by atoms with Crippen LogP contribution in [0.15, 0.2) is 88.4 Å². The van der Waals surface area contributed by atoms with Crippen molar-refractivity contribution in [1.29, 1.82) is 0 Å². The number of nitrogens with zero attached hydrogens (tertiary/aromatic N) is 1. The molecule has 152 valence electrons. The second-order valence-corrected chi connectivity index (χ2v) is 7.68. The maximum Gasteiger partial charge on any atom is 0.244 e. The van der Waals surface area contributed by atoms with Crippen molar-refractivity contribution in [3.05, 3.63) is 88.9 Å². The van der Waals surface area contributed by atoms with Crippen LogP contribution in [-0.2, 0) is 16.0 Å². The fourth-order valence-corrected chi connectivity index (χ4v) is 3.24. The Hall–Kier alpha value is -3.25. The first-order chi connectivity index (χ1) is 14.5. The third-order valence-corrected chi connectivity index (χ3v) is 5.05. The predicted molar refractivity (Wildman–Crippen MR) is 124 cm³/mol. The molecule has 0 aliphatic carbocycles. The molecule has 5 nitrogen and oxygen atoms in total. The molecule has 0 bridgehead atoms. The van der Waals surface area contributed by atoms with Crippen molar-refractivity contribution in [3.8, 4) is 11.1 Å². The molecule has 0 radical (unpaired) electrons. The van der Waals surface area contributed by atoms with E-state index in [0.29, 0.717) is 11.4 Å². The van der Waals surface area contributed by atoms with Crippen molar-refractivity contribution >= 4 is 39.1 Å². The van der Waals surface area contributed by atoms with Crippen LogP contribution >= 0.6 is 15.9 Å². The highest BCUT2D eigenvalue weighted by Crippen LogP contribution is 2.21. The molecule has 0 saturated heterocycles. The summed E-state index contributed by atoms with van der Waals surface area (Å²) in [4.78, 5) is 24.3. The number of nitrogens with one attached hydrogen (secondary N) is 2. The zero-order valence-electron chi connectivity index (χ0n) is 16.6. The Bertz CT molecular complexity index is 1050. The lowest BCUT2D eigenvalue weighted by Crippen LogP contribution is -2.22. The van der Waals surface area contributed by atoms with Gasteiger partial charge in [-0.05, 0) is 51.7 Å². The normalized spacial score (nSPS) is 11.1. The molecule has 3 aromatic carbocycles. The van der Waals surface area contributed by atoms with Crippen molar-refractivity contribution < 1.29 is 9.59 Å². The minimum atomic E-state index is -0.229. The van der Waals surface area contributed by atoms with Crippen molar-refractivity contribution in [2.75, 3.05) is 5.32 Å². The molecule has 0 unspecified atom stereocenters. The van der Waals surface area contributed by atoms with Gasteiger partial charge in [0.2, 0.25) is 11.8 Å². The van der Waals surface area contributed by atoms with Gasteiger partial charge in [0, 0.05) is 10.2 Å². The highest BCUT2D eigenvalue weighted by molar-refractivity contribution is 9.10. The summed E-state index contributed by atoms with van der Waals surface area (Å²) in [7, 11) is 0. The van der Waals surface area contributed by atoms with E-state index >= 15 is 0 Å². The van der Waals surface area contributed by atoms with Gasteiger partial charge in [-0.15, -0.1) is 0 Å². The van der Waals surface area contributed by atoms with E-state index < -0.39 is 0 Å². The lowest BCUT2D eigenvalue weighted by molar-refractivity contribution is -0.120. The molecule has 0 saturated carbocycles. The molecule has 6 heteroatoms. The smallest absolute Gasteiger partial charge is 0.244 e. The monoisotopic (exact) mass is 463 g/mol. The summed E-state index contributed by atoms with van der Waals surface area (Å²) in [5, 5.41) is 6.84. The van der Waals surface area contributed by atoms with Crippen LogP contribution in [-0.4, -0.2) is 17.5 Å². The fraction of sp³-hybridized carbons (Fsp3) is 0.125. The second-order valence-electron chi connectivity index (χ2n) is 6.83. The summed E-state index contributed by atoms with van der Waals surface area (Å²) in [5.74, 6) is -0.429. The number of benzene rings is 3. The number of carbonyl (C=O) groups excluding carboxylic acids is 2. The molecule has 0 aromatic heterocycles. The predicted octanol–water partition coefficient (Wildman–Crippen LogP) is 5.18. The molecule has 2 N–H and O–H groups in total. The number of amides is 2. The Labute approximate surface area is 184 Å². The minimum Gasteiger partial charge on any atom is -0.325 e. The SMILES string of the molecule is CC(CC(=O)Nc1ccccc1Br)=NNC(=O)Cc1ccc(-c2ccccc2)cc1. The van der Waals surface area contributed by atoms with Gasteiger partial charge in [-0.3, -0.25) is 9.59 Å². The maximum absolute atomic E-state index is 12.2. The molecule has 3 aromatic rings. The zero-order chi connectivity index (χ0) is 21.3. The van der Waals surface area contributed by atoms with Crippen molar-refractivity contribution in [2.24, 2.45) is 5.10 Å². The van der Waals surface area contributed by atoms with Crippen LogP contribution in [0.5, 0.6) is 0 Å². The third-order valence-electron chi connectivity index (χ3n) is 4.36. The van der Waals surface area contributed by atoms with Crippen molar-refractivity contribution in [1.82, 2.24) is 5.43 Å². The van der Waals surface area contributed by atoms with E-state index in [-0.39, 0.29) is 24.7 Å². The molecule has 3 rings (SSSR count). The van der Waals surface area contributed by atoms with E-state index in [1.807, 2.05) is 72.8 Å². The highest BCUT2D eigenvalue weighted by atomic mass is 79.9. The Morgan fingerprint density at radius 1 is 0.833 bits per heavy atom. The highest BCUT2D eigenvalue weighted by Gasteiger charge is 2.08. The molecule has 0 aliphatic rings. The number of halogens is 1. The van der Waals surface area contributed by atoms with Crippen LogP contribution < -0.4 is 10.7 Å². The molecular formula is C24H22BrN3O2. The van der Waals surface area contributed by atoms with Crippen LogP contribution in [0.3, 0.4) is 0 Å². The average Bonchev–Trinajstić information content (AvgIpc) is 2.75. The summed E-state index contributed by atoms with van der Waals surface area (Å²) < 4.78 is 0.805. The Balaban J connectivity index is 1.49. The molecule has 0 atom stereocenters. The lowest BCUT2D eigenvalue weighted by Gasteiger charge is -2.07. The Kier molecular flexibility index (Phi) is 7.51. The van der Waals surface area contributed by atoms with E-state index in [1.54, 1.807) is 13.0 Å². The number of anilines is 1. The van der Waals surface area contributed by atoms with Crippen LogP contribution in [0.4, 0.5) is 5.69 Å². The van der Waals surface area contributed by atoms with Gasteiger partial charge in [-0.25, -0.2) is 5.43 Å². The molecule has 30 heavy (non-hydrogen) atoms. The van der Waals surface area contributed by atoms with Gasteiger partial charge in [-0.1, -0.05) is 66.7 Å². The molecule has 2 amide bonds. The van der Waals surface area contributed by atoms with E-state index in [2.05, 4.69) is 31.8 Å². The first-order valence-corrected chi connectivity index (χ1v) is 10.3. The largest absolute Gasteiger partial charge is 0.325 e. The number of carbonyl (C=O) groups is 2. The van der Waals surface area contributed by atoms with E-state index in [0.717, 1.165) is 21.2 Å².